The van der Waals surface area contributed by atoms with E-state index in [1.54, 1.807) is 11.3 Å². The van der Waals surface area contributed by atoms with E-state index in [9.17, 15) is 4.39 Å². The van der Waals surface area contributed by atoms with Crippen LogP contribution in [0.3, 0.4) is 0 Å². The van der Waals surface area contributed by atoms with Gasteiger partial charge in [-0.3, -0.25) is 0 Å². The van der Waals surface area contributed by atoms with Crippen molar-refractivity contribution in [2.24, 2.45) is 10.7 Å². The monoisotopic (exact) mass is 475 g/mol. The Bertz CT molecular complexity index is 695. The molecule has 136 valence electrons. The number of hydrogen-bond donors (Lipinski definition) is 1. The molecule has 0 atom stereocenters. The third-order valence-corrected chi connectivity index (χ3v) is 5.25. The van der Waals surface area contributed by atoms with Crippen molar-refractivity contribution < 1.29 is 4.39 Å². The predicted octanol–water partition coefficient (Wildman–Crippen LogP) is 3.10. The molecule has 2 aromatic rings. The molecule has 1 aliphatic heterocycles. The van der Waals surface area contributed by atoms with Crippen LogP contribution in [0.25, 0.3) is 0 Å². The summed E-state index contributed by atoms with van der Waals surface area (Å²) >= 11 is 1.69. The maximum absolute atomic E-state index is 13.0. The van der Waals surface area contributed by atoms with Crippen LogP contribution in [0.5, 0.6) is 0 Å². The minimum atomic E-state index is -0.206. The van der Waals surface area contributed by atoms with Gasteiger partial charge < -0.3 is 15.5 Å². The quantitative estimate of drug-likeness (QED) is 0.420. The highest BCUT2D eigenvalue weighted by molar-refractivity contribution is 14.0. The Morgan fingerprint density at radius 1 is 1.24 bits per heavy atom. The Morgan fingerprint density at radius 2 is 1.92 bits per heavy atom. The van der Waals surface area contributed by atoms with Gasteiger partial charge >= 0.3 is 0 Å². The Hall–Kier alpha value is -1.42. The van der Waals surface area contributed by atoms with Gasteiger partial charge in [0.05, 0.1) is 6.54 Å². The van der Waals surface area contributed by atoms with E-state index in [1.165, 1.54) is 17.0 Å². The number of aromatic nitrogens is 1. The van der Waals surface area contributed by atoms with Crippen molar-refractivity contribution in [2.75, 3.05) is 31.1 Å². The van der Waals surface area contributed by atoms with Gasteiger partial charge in [-0.25, -0.2) is 14.4 Å². The van der Waals surface area contributed by atoms with Crippen molar-refractivity contribution >= 4 is 47.0 Å². The van der Waals surface area contributed by atoms with Crippen molar-refractivity contribution in [3.63, 3.8) is 0 Å². The first-order valence-corrected chi connectivity index (χ1v) is 8.96. The van der Waals surface area contributed by atoms with E-state index in [4.69, 9.17) is 5.73 Å². The summed E-state index contributed by atoms with van der Waals surface area (Å²) < 4.78 is 13.0. The normalized spacial score (nSPS) is 15.2. The second kappa shape index (κ2) is 9.33. The first-order valence-electron chi connectivity index (χ1n) is 8.14. The number of hydrogen-bond acceptors (Lipinski definition) is 4. The third-order valence-electron chi connectivity index (χ3n) is 4.12. The molecular formula is C17H23FIN5S. The Balaban J connectivity index is 0.00000225. The third kappa shape index (κ3) is 5.27. The smallest absolute Gasteiger partial charge is 0.191 e. The highest BCUT2D eigenvalue weighted by Crippen LogP contribution is 2.17. The van der Waals surface area contributed by atoms with Crippen LogP contribution in [0.4, 0.5) is 10.1 Å². The molecule has 0 amide bonds. The molecule has 1 aromatic heterocycles. The molecule has 0 saturated carbocycles. The number of thiazole rings is 1. The molecule has 5 nitrogen and oxygen atoms in total. The molecule has 25 heavy (non-hydrogen) atoms. The predicted molar refractivity (Wildman–Crippen MR) is 112 cm³/mol. The molecule has 2 heterocycles. The van der Waals surface area contributed by atoms with Gasteiger partial charge in [0, 0.05) is 42.9 Å². The zero-order valence-electron chi connectivity index (χ0n) is 14.2. The van der Waals surface area contributed by atoms with Crippen LogP contribution in [-0.4, -0.2) is 42.0 Å². The van der Waals surface area contributed by atoms with E-state index >= 15 is 0 Å². The molecule has 0 unspecified atom stereocenters. The summed E-state index contributed by atoms with van der Waals surface area (Å²) in [7, 11) is 0. The van der Waals surface area contributed by atoms with E-state index in [0.29, 0.717) is 12.5 Å². The first kappa shape index (κ1) is 19.9. The number of anilines is 1. The van der Waals surface area contributed by atoms with Gasteiger partial charge in [0.2, 0.25) is 0 Å². The van der Waals surface area contributed by atoms with Gasteiger partial charge in [0.25, 0.3) is 0 Å². The largest absolute Gasteiger partial charge is 0.370 e. The highest BCUT2D eigenvalue weighted by Gasteiger charge is 2.18. The topological polar surface area (TPSA) is 57.8 Å². The van der Waals surface area contributed by atoms with E-state index < -0.39 is 0 Å². The zero-order chi connectivity index (χ0) is 16.9. The van der Waals surface area contributed by atoms with Crippen LogP contribution < -0.4 is 10.6 Å². The summed E-state index contributed by atoms with van der Waals surface area (Å²) in [6, 6.07) is 6.62. The average Bonchev–Trinajstić information content (AvgIpc) is 3.09. The number of rotatable bonds is 4. The molecule has 1 fully saturated rings. The summed E-state index contributed by atoms with van der Waals surface area (Å²) in [6.07, 6.45) is 2.91. The Morgan fingerprint density at radius 3 is 2.52 bits per heavy atom. The highest BCUT2D eigenvalue weighted by atomic mass is 127. The molecule has 8 heteroatoms. The molecule has 0 bridgehead atoms. The molecule has 1 saturated heterocycles. The molecular weight excluding hydrogens is 452 g/mol. The summed E-state index contributed by atoms with van der Waals surface area (Å²) in [6.45, 7) is 5.97. The van der Waals surface area contributed by atoms with Crippen LogP contribution in [0.1, 0.15) is 16.8 Å². The number of guanidine groups is 1. The van der Waals surface area contributed by atoms with Crippen LogP contribution in [-0.2, 0) is 13.0 Å². The Labute approximate surface area is 168 Å². The lowest BCUT2D eigenvalue weighted by Crippen LogP contribution is -2.51. The van der Waals surface area contributed by atoms with Crippen molar-refractivity contribution in [3.05, 3.63) is 46.2 Å². The molecule has 0 radical (unpaired) electrons. The van der Waals surface area contributed by atoms with Gasteiger partial charge in [-0.2, -0.15) is 0 Å². The van der Waals surface area contributed by atoms with E-state index in [1.807, 2.05) is 18.3 Å². The molecule has 0 aliphatic carbocycles. The van der Waals surface area contributed by atoms with Crippen molar-refractivity contribution in [1.82, 2.24) is 9.88 Å². The minimum absolute atomic E-state index is 0. The van der Waals surface area contributed by atoms with Crippen LogP contribution >= 0.6 is 35.3 Å². The summed E-state index contributed by atoms with van der Waals surface area (Å²) in [5.74, 6) is 0.365. The molecule has 0 spiro atoms. The SMILES string of the molecule is CCc1cnc(CN=C(N)N2CCN(c3ccc(F)cc3)CC2)s1.I. The fourth-order valence-electron chi connectivity index (χ4n) is 2.68. The van der Waals surface area contributed by atoms with Gasteiger partial charge in [0.15, 0.2) is 5.96 Å². The standard InChI is InChI=1S/C17H22FN5S.HI/c1-2-15-11-20-16(24-15)12-21-17(19)23-9-7-22(8-10-23)14-5-3-13(18)4-6-14;/h3-6,11H,2,7-10,12H2,1H3,(H2,19,21);1H. The number of aliphatic imine (C=N–C) groups is 1. The van der Waals surface area contributed by atoms with Crippen molar-refractivity contribution in [3.8, 4) is 0 Å². The van der Waals surface area contributed by atoms with Gasteiger partial charge in [-0.1, -0.05) is 6.92 Å². The van der Waals surface area contributed by atoms with Crippen LogP contribution in [0.2, 0.25) is 0 Å². The molecule has 3 rings (SSSR count). The summed E-state index contributed by atoms with van der Waals surface area (Å²) in [5, 5.41) is 1.000. The van der Waals surface area contributed by atoms with Crippen molar-refractivity contribution in [2.45, 2.75) is 19.9 Å². The van der Waals surface area contributed by atoms with Gasteiger partial charge in [-0.15, -0.1) is 35.3 Å². The maximum Gasteiger partial charge on any atom is 0.191 e. The minimum Gasteiger partial charge on any atom is -0.370 e. The number of nitrogens with zero attached hydrogens (tertiary/aromatic N) is 4. The molecule has 1 aliphatic rings. The van der Waals surface area contributed by atoms with E-state index in [-0.39, 0.29) is 29.8 Å². The van der Waals surface area contributed by atoms with Gasteiger partial charge in [0.1, 0.15) is 10.8 Å². The molecule has 2 N–H and O–H groups in total. The number of nitrogens with two attached hydrogens (primary N) is 1. The van der Waals surface area contributed by atoms with Crippen LogP contribution in [0, 0.1) is 5.82 Å². The average molecular weight is 475 g/mol. The first-order chi connectivity index (χ1) is 11.7. The fourth-order valence-corrected chi connectivity index (χ4v) is 3.47. The number of aryl methyl sites for hydroxylation is 1. The van der Waals surface area contributed by atoms with E-state index in [0.717, 1.165) is 43.3 Å². The zero-order valence-corrected chi connectivity index (χ0v) is 17.3. The lowest BCUT2D eigenvalue weighted by atomic mass is 10.2. The van der Waals surface area contributed by atoms with Gasteiger partial charge in [-0.05, 0) is 30.7 Å². The van der Waals surface area contributed by atoms with Crippen molar-refractivity contribution in [1.29, 1.82) is 0 Å². The summed E-state index contributed by atoms with van der Waals surface area (Å²) in [5.41, 5.74) is 7.17. The van der Waals surface area contributed by atoms with E-state index in [2.05, 4.69) is 26.7 Å². The molecule has 1 aromatic carbocycles. The number of benzene rings is 1. The second-order valence-corrected chi connectivity index (χ2v) is 6.90. The maximum atomic E-state index is 13.0. The second-order valence-electron chi connectivity index (χ2n) is 5.70. The lowest BCUT2D eigenvalue weighted by molar-refractivity contribution is 0.380. The Kier molecular flexibility index (Phi) is 7.42. The number of halogens is 2. The van der Waals surface area contributed by atoms with Crippen LogP contribution in [0.15, 0.2) is 35.5 Å². The lowest BCUT2D eigenvalue weighted by Gasteiger charge is -2.36. The fraction of sp³-hybridized carbons (Fsp3) is 0.412. The number of piperazine rings is 1. The summed E-state index contributed by atoms with van der Waals surface area (Å²) in [4.78, 5) is 14.4.